The lowest BCUT2D eigenvalue weighted by atomic mass is 10.0. The normalized spacial score (nSPS) is 11.5. The van der Waals surface area contributed by atoms with Crippen LogP contribution in [0.15, 0.2) is 34.0 Å². The van der Waals surface area contributed by atoms with Gasteiger partial charge in [0, 0.05) is 41.8 Å². The second kappa shape index (κ2) is 8.43. The van der Waals surface area contributed by atoms with E-state index in [-0.39, 0.29) is 17.0 Å². The summed E-state index contributed by atoms with van der Waals surface area (Å²) in [5.41, 5.74) is 1.88. The van der Waals surface area contributed by atoms with Crippen LogP contribution in [0.1, 0.15) is 52.1 Å². The van der Waals surface area contributed by atoms with Gasteiger partial charge in [0.2, 0.25) is 0 Å². The molecule has 4 rings (SSSR count). The van der Waals surface area contributed by atoms with E-state index in [1.807, 2.05) is 45.9 Å². The van der Waals surface area contributed by atoms with Gasteiger partial charge in [-0.2, -0.15) is 5.10 Å². The molecule has 0 saturated carbocycles. The number of nitrogens with zero attached hydrogens (tertiary/aromatic N) is 5. The number of pyridine rings is 1. The Morgan fingerprint density at radius 1 is 1.21 bits per heavy atom. The highest BCUT2D eigenvalue weighted by Gasteiger charge is 2.28. The van der Waals surface area contributed by atoms with E-state index in [0.717, 1.165) is 21.5 Å². The van der Waals surface area contributed by atoms with Crippen molar-refractivity contribution in [2.24, 2.45) is 7.05 Å². The number of methoxy groups -OCH3 is 1. The van der Waals surface area contributed by atoms with E-state index in [4.69, 9.17) is 4.74 Å². The lowest BCUT2D eigenvalue weighted by molar-refractivity contribution is 0.0602. The summed E-state index contributed by atoms with van der Waals surface area (Å²) in [5.74, 6) is 0.0890. The molecule has 0 unspecified atom stereocenters. The molecule has 4 aromatic heterocycles. The summed E-state index contributed by atoms with van der Waals surface area (Å²) >= 11 is 1.27. The molecule has 0 aliphatic carbocycles. The molecule has 4 aromatic rings. The van der Waals surface area contributed by atoms with Crippen LogP contribution in [-0.2, 0) is 18.2 Å². The number of rotatable bonds is 5. The highest BCUT2D eigenvalue weighted by atomic mass is 32.1. The Bertz CT molecular complexity index is 1490. The number of carbonyl (C=O) groups is 1. The Kier molecular flexibility index (Phi) is 5.79. The van der Waals surface area contributed by atoms with E-state index < -0.39 is 17.2 Å². The van der Waals surface area contributed by atoms with Crippen molar-refractivity contribution in [2.75, 3.05) is 7.11 Å². The van der Waals surface area contributed by atoms with Gasteiger partial charge in [0.05, 0.1) is 23.8 Å². The van der Waals surface area contributed by atoms with Crippen molar-refractivity contribution in [3.8, 4) is 5.82 Å². The van der Waals surface area contributed by atoms with Crippen LogP contribution in [0, 0.1) is 13.8 Å². The summed E-state index contributed by atoms with van der Waals surface area (Å²) in [4.78, 5) is 44.2. The Balaban J connectivity index is 1.98. The Morgan fingerprint density at radius 3 is 2.55 bits per heavy atom. The molecule has 4 heterocycles. The van der Waals surface area contributed by atoms with Crippen LogP contribution in [0.5, 0.6) is 0 Å². The van der Waals surface area contributed by atoms with Crippen LogP contribution in [0.25, 0.3) is 16.0 Å². The first-order chi connectivity index (χ1) is 15.7. The number of ether oxygens (including phenoxy) is 1. The lowest BCUT2D eigenvalue weighted by Gasteiger charge is -2.12. The molecule has 0 fully saturated rings. The fourth-order valence-corrected chi connectivity index (χ4v) is 5.44. The van der Waals surface area contributed by atoms with Crippen molar-refractivity contribution >= 4 is 27.5 Å². The first-order valence-corrected chi connectivity index (χ1v) is 11.3. The maximum absolute atomic E-state index is 13.1. The van der Waals surface area contributed by atoms with Crippen molar-refractivity contribution in [3.05, 3.63) is 72.6 Å². The molecule has 0 spiro atoms. The van der Waals surface area contributed by atoms with Crippen molar-refractivity contribution < 1.29 is 9.53 Å². The maximum atomic E-state index is 13.1. The van der Waals surface area contributed by atoms with Crippen LogP contribution in [0.4, 0.5) is 0 Å². The maximum Gasteiger partial charge on any atom is 0.339 e. The first kappa shape index (κ1) is 22.7. The Morgan fingerprint density at radius 2 is 1.94 bits per heavy atom. The molecule has 0 aromatic carbocycles. The van der Waals surface area contributed by atoms with Gasteiger partial charge in [-0.1, -0.05) is 6.07 Å². The fourth-order valence-electron chi connectivity index (χ4n) is 4.03. The second-order valence-corrected chi connectivity index (χ2v) is 9.19. The average Bonchev–Trinajstić information content (AvgIpc) is 3.30. The minimum atomic E-state index is -0.602. The molecule has 33 heavy (non-hydrogen) atoms. The van der Waals surface area contributed by atoms with E-state index in [0.29, 0.717) is 21.9 Å². The summed E-state index contributed by atoms with van der Waals surface area (Å²) in [5, 5.41) is 4.85. The number of esters is 1. The first-order valence-electron chi connectivity index (χ1n) is 10.5. The molecule has 9 nitrogen and oxygen atoms in total. The minimum absolute atomic E-state index is 0.195. The molecule has 172 valence electrons. The van der Waals surface area contributed by atoms with Gasteiger partial charge in [-0.25, -0.2) is 19.3 Å². The number of carbonyl (C=O) groups excluding carboxylic acids is 1. The van der Waals surface area contributed by atoms with Gasteiger partial charge < -0.3 is 4.74 Å². The number of aryl methyl sites for hydroxylation is 1. The van der Waals surface area contributed by atoms with E-state index in [2.05, 4.69) is 10.1 Å². The van der Waals surface area contributed by atoms with Gasteiger partial charge in [-0.05, 0) is 39.8 Å². The monoisotopic (exact) mass is 467 g/mol. The third kappa shape index (κ3) is 3.60. The molecule has 10 heteroatoms. The number of aromatic nitrogens is 5. The molecular formula is C23H25N5O4S. The van der Waals surface area contributed by atoms with Gasteiger partial charge in [-0.15, -0.1) is 11.3 Å². The van der Waals surface area contributed by atoms with E-state index in [1.165, 1.54) is 25.5 Å². The van der Waals surface area contributed by atoms with Gasteiger partial charge >= 0.3 is 11.7 Å². The molecule has 0 aliphatic heterocycles. The highest BCUT2D eigenvalue weighted by Crippen LogP contribution is 2.33. The van der Waals surface area contributed by atoms with Crippen LogP contribution < -0.4 is 11.2 Å². The number of hydrogen-bond acceptors (Lipinski definition) is 7. The van der Waals surface area contributed by atoms with Crippen LogP contribution in [0.3, 0.4) is 0 Å². The second-order valence-electron chi connectivity index (χ2n) is 8.11. The summed E-state index contributed by atoms with van der Waals surface area (Å²) in [6.45, 7) is 7.58. The van der Waals surface area contributed by atoms with Crippen molar-refractivity contribution in [1.82, 2.24) is 23.9 Å². The van der Waals surface area contributed by atoms with Gasteiger partial charge in [-0.3, -0.25) is 13.9 Å². The zero-order chi connectivity index (χ0) is 24.0. The molecule has 0 bridgehead atoms. The number of thiophene rings is 1. The lowest BCUT2D eigenvalue weighted by Crippen LogP contribution is -2.38. The molecule has 0 saturated heterocycles. The Labute approximate surface area is 193 Å². The van der Waals surface area contributed by atoms with Crippen LogP contribution >= 0.6 is 11.3 Å². The van der Waals surface area contributed by atoms with Crippen molar-refractivity contribution in [2.45, 2.75) is 40.2 Å². The van der Waals surface area contributed by atoms with Crippen LogP contribution in [0.2, 0.25) is 0 Å². The zero-order valence-corrected chi connectivity index (χ0v) is 20.2. The number of hydrogen-bond donors (Lipinski definition) is 0. The third-order valence-corrected chi connectivity index (χ3v) is 6.93. The van der Waals surface area contributed by atoms with E-state index >= 15 is 0 Å². The topological polar surface area (TPSA) is 101 Å². The smallest absolute Gasteiger partial charge is 0.339 e. The molecule has 0 amide bonds. The van der Waals surface area contributed by atoms with Gasteiger partial charge in [0.25, 0.3) is 5.56 Å². The predicted molar refractivity (Wildman–Crippen MR) is 127 cm³/mol. The quantitative estimate of drug-likeness (QED) is 0.418. The zero-order valence-electron chi connectivity index (χ0n) is 19.4. The predicted octanol–water partition coefficient (Wildman–Crippen LogP) is 2.92. The van der Waals surface area contributed by atoms with Crippen molar-refractivity contribution in [1.29, 1.82) is 0 Å². The largest absolute Gasteiger partial charge is 0.465 e. The SMILES string of the molecule is COC(=O)c1c(Cc2c(C)nn(-c3ccccn3)c2C)sc2c1c(=O)n(C)c(=O)n2C(C)C. The molecule has 0 aliphatic rings. The number of fused-ring (bicyclic) bond motifs is 1. The fraction of sp³-hybridized carbons (Fsp3) is 0.348. The minimum Gasteiger partial charge on any atom is -0.465 e. The summed E-state index contributed by atoms with van der Waals surface area (Å²) in [6, 6.07) is 5.40. The third-order valence-electron chi connectivity index (χ3n) is 5.74. The van der Waals surface area contributed by atoms with Gasteiger partial charge in [0.15, 0.2) is 5.82 Å². The van der Waals surface area contributed by atoms with E-state index in [1.54, 1.807) is 15.4 Å². The summed E-state index contributed by atoms with van der Waals surface area (Å²) in [6.07, 6.45) is 2.07. The summed E-state index contributed by atoms with van der Waals surface area (Å²) < 4.78 is 9.40. The average molecular weight is 468 g/mol. The van der Waals surface area contributed by atoms with Gasteiger partial charge in [0.1, 0.15) is 4.83 Å². The Hall–Kier alpha value is -3.53. The van der Waals surface area contributed by atoms with E-state index in [9.17, 15) is 14.4 Å². The standard InChI is InChI=1S/C23H25N5O4S/c1-12(2)27-21-19(20(29)26(5)23(27)31)18(22(30)32-6)16(33-21)11-15-13(3)25-28(14(15)4)17-9-7-8-10-24-17/h7-10,12H,11H2,1-6H3. The van der Waals surface area contributed by atoms with Crippen LogP contribution in [-0.4, -0.2) is 37.0 Å². The molecule has 0 atom stereocenters. The summed E-state index contributed by atoms with van der Waals surface area (Å²) in [7, 11) is 2.71. The molecule has 0 N–H and O–H groups in total. The highest BCUT2D eigenvalue weighted by molar-refractivity contribution is 7.19. The molecular weight excluding hydrogens is 442 g/mol. The molecule has 0 radical (unpaired) electrons. The van der Waals surface area contributed by atoms with Crippen molar-refractivity contribution in [3.63, 3.8) is 0 Å².